The smallest absolute Gasteiger partial charge is 0.240 e. The molecule has 1 amide bonds. The molecule has 0 saturated heterocycles. The normalized spacial score (nSPS) is 12.1. The minimum absolute atomic E-state index is 0.0188. The molecule has 2 heterocycles. The second-order valence-corrected chi connectivity index (χ2v) is 6.31. The summed E-state index contributed by atoms with van der Waals surface area (Å²) in [5.41, 5.74) is 2.76. The Hall–Kier alpha value is -2.51. The van der Waals surface area contributed by atoms with Crippen LogP contribution in [0.5, 0.6) is 0 Å². The van der Waals surface area contributed by atoms with Gasteiger partial charge in [-0.15, -0.1) is 11.3 Å². The molecular formula is C17H18N4O2S. The number of amides is 1. The van der Waals surface area contributed by atoms with Gasteiger partial charge in [0.25, 0.3) is 0 Å². The zero-order chi connectivity index (χ0) is 16.9. The van der Waals surface area contributed by atoms with Crippen LogP contribution in [-0.4, -0.2) is 22.6 Å². The average Bonchev–Trinajstić information content (AvgIpc) is 3.23. The first-order valence-electron chi connectivity index (χ1n) is 7.59. The number of hydrogen-bond donors (Lipinski definition) is 2. The van der Waals surface area contributed by atoms with Crippen molar-refractivity contribution in [2.45, 2.75) is 19.9 Å². The second-order valence-electron chi connectivity index (χ2n) is 5.42. The Bertz CT molecular complexity index is 813. The van der Waals surface area contributed by atoms with Crippen molar-refractivity contribution in [2.24, 2.45) is 0 Å². The summed E-state index contributed by atoms with van der Waals surface area (Å²) in [6.07, 6.45) is 0. The predicted octanol–water partition coefficient (Wildman–Crippen LogP) is 3.40. The van der Waals surface area contributed by atoms with E-state index in [2.05, 4.69) is 20.8 Å². The number of nitrogens with zero attached hydrogens (tertiary/aromatic N) is 2. The highest BCUT2D eigenvalue weighted by atomic mass is 32.1. The molecule has 2 aromatic heterocycles. The molecule has 6 nitrogen and oxygen atoms in total. The largest absolute Gasteiger partial charge is 0.338 e. The zero-order valence-corrected chi connectivity index (χ0v) is 14.3. The molecule has 7 heteroatoms. The molecule has 0 unspecified atom stereocenters. The SMILES string of the molecule is Cc1cc(NC(=O)CN[C@@H](C)c2nc(-c3ccccc3)cs2)on1. The van der Waals surface area contributed by atoms with Crippen molar-refractivity contribution < 1.29 is 9.32 Å². The highest BCUT2D eigenvalue weighted by Crippen LogP contribution is 2.25. The molecule has 0 saturated carbocycles. The second kappa shape index (κ2) is 7.37. The number of rotatable bonds is 6. The fraction of sp³-hybridized carbons (Fsp3) is 0.235. The van der Waals surface area contributed by atoms with E-state index in [4.69, 9.17) is 4.52 Å². The van der Waals surface area contributed by atoms with Gasteiger partial charge in [0, 0.05) is 17.0 Å². The highest BCUT2D eigenvalue weighted by molar-refractivity contribution is 7.10. The lowest BCUT2D eigenvalue weighted by Crippen LogP contribution is -2.30. The third-order valence-corrected chi connectivity index (χ3v) is 4.45. The summed E-state index contributed by atoms with van der Waals surface area (Å²) < 4.78 is 4.96. The Morgan fingerprint density at radius 2 is 2.12 bits per heavy atom. The molecule has 1 atom stereocenters. The van der Waals surface area contributed by atoms with Gasteiger partial charge in [0.2, 0.25) is 11.8 Å². The van der Waals surface area contributed by atoms with Gasteiger partial charge in [-0.2, -0.15) is 0 Å². The minimum Gasteiger partial charge on any atom is -0.338 e. The van der Waals surface area contributed by atoms with Crippen molar-refractivity contribution in [2.75, 3.05) is 11.9 Å². The van der Waals surface area contributed by atoms with Gasteiger partial charge in [-0.25, -0.2) is 4.98 Å². The van der Waals surface area contributed by atoms with E-state index in [1.54, 1.807) is 24.3 Å². The molecule has 0 aliphatic heterocycles. The summed E-state index contributed by atoms with van der Waals surface area (Å²) in [5, 5.41) is 12.5. The van der Waals surface area contributed by atoms with Crippen LogP contribution >= 0.6 is 11.3 Å². The lowest BCUT2D eigenvalue weighted by molar-refractivity contribution is -0.115. The maximum atomic E-state index is 11.9. The van der Waals surface area contributed by atoms with Crippen molar-refractivity contribution in [3.63, 3.8) is 0 Å². The molecule has 24 heavy (non-hydrogen) atoms. The van der Waals surface area contributed by atoms with Crippen molar-refractivity contribution in [3.05, 3.63) is 52.5 Å². The Kier molecular flexibility index (Phi) is 5.02. The lowest BCUT2D eigenvalue weighted by atomic mass is 10.2. The first kappa shape index (κ1) is 16.4. The number of hydrogen-bond acceptors (Lipinski definition) is 6. The highest BCUT2D eigenvalue weighted by Gasteiger charge is 2.13. The van der Waals surface area contributed by atoms with E-state index in [-0.39, 0.29) is 18.5 Å². The Labute approximate surface area is 143 Å². The molecule has 0 bridgehead atoms. The summed E-state index contributed by atoms with van der Waals surface area (Å²) in [4.78, 5) is 16.5. The summed E-state index contributed by atoms with van der Waals surface area (Å²) in [7, 11) is 0. The first-order valence-corrected chi connectivity index (χ1v) is 8.47. The van der Waals surface area contributed by atoms with E-state index in [1.165, 1.54) is 0 Å². The van der Waals surface area contributed by atoms with Gasteiger partial charge in [0.05, 0.1) is 24.0 Å². The predicted molar refractivity (Wildman–Crippen MR) is 93.8 cm³/mol. The van der Waals surface area contributed by atoms with Gasteiger partial charge in [-0.1, -0.05) is 35.5 Å². The maximum absolute atomic E-state index is 11.9. The number of aromatic nitrogens is 2. The summed E-state index contributed by atoms with van der Waals surface area (Å²) in [6, 6.07) is 11.7. The van der Waals surface area contributed by atoms with Crippen LogP contribution in [0.1, 0.15) is 23.7 Å². The van der Waals surface area contributed by atoms with E-state index in [1.807, 2.05) is 42.6 Å². The van der Waals surface area contributed by atoms with E-state index in [9.17, 15) is 4.79 Å². The molecule has 2 N–H and O–H groups in total. The molecule has 3 aromatic rings. The fourth-order valence-electron chi connectivity index (χ4n) is 2.17. The molecule has 0 aliphatic rings. The quantitative estimate of drug-likeness (QED) is 0.718. The molecule has 124 valence electrons. The standard InChI is InChI=1S/C17H18N4O2S/c1-11-8-16(23-21-11)20-15(22)9-18-12(2)17-19-14(10-24-17)13-6-4-3-5-7-13/h3-8,10,12,18H,9H2,1-2H3,(H,20,22)/t12-/m0/s1. The van der Waals surface area contributed by atoms with Crippen LogP contribution in [0.2, 0.25) is 0 Å². The van der Waals surface area contributed by atoms with E-state index < -0.39 is 0 Å². The monoisotopic (exact) mass is 342 g/mol. The van der Waals surface area contributed by atoms with Crippen LogP contribution < -0.4 is 10.6 Å². The Balaban J connectivity index is 1.54. The fourth-order valence-corrected chi connectivity index (χ4v) is 3.02. The van der Waals surface area contributed by atoms with Gasteiger partial charge in [0.1, 0.15) is 5.01 Å². The lowest BCUT2D eigenvalue weighted by Gasteiger charge is -2.10. The third-order valence-electron chi connectivity index (χ3n) is 3.42. The molecule has 0 radical (unpaired) electrons. The van der Waals surface area contributed by atoms with Gasteiger partial charge in [-0.3, -0.25) is 15.4 Å². The maximum Gasteiger partial charge on any atom is 0.240 e. The summed E-state index contributed by atoms with van der Waals surface area (Å²) >= 11 is 1.58. The van der Waals surface area contributed by atoms with E-state index in [0.29, 0.717) is 5.88 Å². The van der Waals surface area contributed by atoms with Crippen LogP contribution in [0.3, 0.4) is 0 Å². The number of anilines is 1. The molecule has 0 aliphatic carbocycles. The zero-order valence-electron chi connectivity index (χ0n) is 13.4. The average molecular weight is 342 g/mol. The van der Waals surface area contributed by atoms with Crippen molar-refractivity contribution in [1.29, 1.82) is 0 Å². The van der Waals surface area contributed by atoms with Crippen LogP contribution in [-0.2, 0) is 4.79 Å². The van der Waals surface area contributed by atoms with Gasteiger partial charge in [0.15, 0.2) is 0 Å². The van der Waals surface area contributed by atoms with E-state index in [0.717, 1.165) is 22.0 Å². The van der Waals surface area contributed by atoms with Crippen LogP contribution in [0.25, 0.3) is 11.3 Å². The first-order chi connectivity index (χ1) is 11.6. The molecule has 1 aromatic carbocycles. The van der Waals surface area contributed by atoms with Crippen molar-refractivity contribution in [3.8, 4) is 11.3 Å². The van der Waals surface area contributed by atoms with Gasteiger partial charge in [-0.05, 0) is 13.8 Å². The molecular weight excluding hydrogens is 324 g/mol. The van der Waals surface area contributed by atoms with Crippen LogP contribution in [0.4, 0.5) is 5.88 Å². The number of carbonyl (C=O) groups excluding carboxylic acids is 1. The topological polar surface area (TPSA) is 80.0 Å². The number of carbonyl (C=O) groups is 1. The van der Waals surface area contributed by atoms with Gasteiger partial charge >= 0.3 is 0 Å². The third kappa shape index (κ3) is 4.06. The Morgan fingerprint density at radius 3 is 2.83 bits per heavy atom. The van der Waals surface area contributed by atoms with Gasteiger partial charge < -0.3 is 4.52 Å². The molecule has 3 rings (SSSR count). The number of benzene rings is 1. The number of nitrogens with one attached hydrogen (secondary N) is 2. The van der Waals surface area contributed by atoms with E-state index >= 15 is 0 Å². The van der Waals surface area contributed by atoms with Crippen LogP contribution in [0, 0.1) is 6.92 Å². The molecule has 0 spiro atoms. The Morgan fingerprint density at radius 1 is 1.33 bits per heavy atom. The van der Waals surface area contributed by atoms with Crippen molar-refractivity contribution >= 4 is 23.1 Å². The number of aryl methyl sites for hydroxylation is 1. The minimum atomic E-state index is -0.183. The number of thiazole rings is 1. The van der Waals surface area contributed by atoms with Crippen LogP contribution in [0.15, 0.2) is 46.3 Å². The van der Waals surface area contributed by atoms with Crippen molar-refractivity contribution in [1.82, 2.24) is 15.5 Å². The molecule has 0 fully saturated rings. The summed E-state index contributed by atoms with van der Waals surface area (Å²) in [5.74, 6) is 0.172. The summed E-state index contributed by atoms with van der Waals surface area (Å²) in [6.45, 7) is 3.95.